The average Bonchev–Trinajstić information content (AvgIpc) is 2.81. The molecule has 0 spiro atoms. The summed E-state index contributed by atoms with van der Waals surface area (Å²) < 4.78 is 5.19. The molecule has 1 atom stereocenters. The lowest BCUT2D eigenvalue weighted by Crippen LogP contribution is -2.39. The molecule has 1 fully saturated rings. The number of rotatable bonds is 7. The average molecular weight is 258 g/mol. The van der Waals surface area contributed by atoms with E-state index in [1.54, 1.807) is 12.0 Å². The van der Waals surface area contributed by atoms with E-state index in [0.29, 0.717) is 19.5 Å². The highest BCUT2D eigenvalue weighted by molar-refractivity contribution is 5.74. The van der Waals surface area contributed by atoms with Crippen molar-refractivity contribution in [1.82, 2.24) is 10.2 Å². The molecule has 1 unspecified atom stereocenters. The van der Waals surface area contributed by atoms with Crippen LogP contribution in [0.2, 0.25) is 0 Å². The molecule has 0 aliphatic carbocycles. The van der Waals surface area contributed by atoms with E-state index in [9.17, 15) is 9.59 Å². The van der Waals surface area contributed by atoms with Crippen molar-refractivity contribution in [2.75, 3.05) is 26.7 Å². The van der Waals surface area contributed by atoms with Gasteiger partial charge in [0.2, 0.25) is 0 Å². The summed E-state index contributed by atoms with van der Waals surface area (Å²) >= 11 is 0. The molecule has 0 bridgehead atoms. The number of unbranched alkanes of at least 4 members (excludes halogenated alkanes) is 2. The quantitative estimate of drug-likeness (QED) is 0.669. The van der Waals surface area contributed by atoms with Gasteiger partial charge in [-0.25, -0.2) is 4.79 Å². The molecule has 0 radical (unpaired) electrons. The van der Waals surface area contributed by atoms with Crippen LogP contribution in [0.15, 0.2) is 0 Å². The molecule has 0 aromatic carbocycles. The predicted molar refractivity (Wildman–Crippen MR) is 66.5 cm³/mol. The van der Waals surface area contributed by atoms with Crippen LogP contribution in [0.5, 0.6) is 0 Å². The van der Waals surface area contributed by atoms with Crippen LogP contribution >= 0.6 is 0 Å². The summed E-state index contributed by atoms with van der Waals surface area (Å²) in [7, 11) is 1.66. The first-order valence-electron chi connectivity index (χ1n) is 6.41. The van der Waals surface area contributed by atoms with E-state index in [-0.39, 0.29) is 18.6 Å². The zero-order valence-electron chi connectivity index (χ0n) is 10.9. The Kier molecular flexibility index (Phi) is 6.49. The summed E-state index contributed by atoms with van der Waals surface area (Å²) in [5.41, 5.74) is 0. The van der Waals surface area contributed by atoms with Crippen LogP contribution in [0.25, 0.3) is 0 Å². The number of carbonyl (C=O) groups is 2. The van der Waals surface area contributed by atoms with Crippen molar-refractivity contribution in [3.63, 3.8) is 0 Å². The van der Waals surface area contributed by atoms with Gasteiger partial charge in [0.15, 0.2) is 0 Å². The first-order valence-corrected chi connectivity index (χ1v) is 6.41. The Morgan fingerprint density at radius 2 is 2.17 bits per heavy atom. The maximum Gasteiger partial charge on any atom is 0.317 e. The van der Waals surface area contributed by atoms with Crippen LogP contribution in [-0.4, -0.2) is 54.9 Å². The summed E-state index contributed by atoms with van der Waals surface area (Å²) in [6.07, 6.45) is 3.57. The number of hydrogen-bond donors (Lipinski definition) is 2. The minimum Gasteiger partial charge on any atom is -0.481 e. The second-order valence-corrected chi connectivity index (χ2v) is 4.53. The molecule has 1 rings (SSSR count). The largest absolute Gasteiger partial charge is 0.481 e. The number of amides is 2. The molecule has 1 aliphatic heterocycles. The van der Waals surface area contributed by atoms with E-state index in [2.05, 4.69) is 5.32 Å². The molecule has 0 saturated carbocycles. The zero-order valence-corrected chi connectivity index (χ0v) is 10.9. The molecule has 104 valence electrons. The number of urea groups is 1. The van der Waals surface area contributed by atoms with Gasteiger partial charge in [-0.2, -0.15) is 0 Å². The van der Waals surface area contributed by atoms with Crippen molar-refractivity contribution < 1.29 is 19.4 Å². The van der Waals surface area contributed by atoms with Crippen LogP contribution in [0, 0.1) is 0 Å². The number of hydrogen-bond acceptors (Lipinski definition) is 3. The Hall–Kier alpha value is -1.30. The van der Waals surface area contributed by atoms with E-state index in [1.807, 2.05) is 0 Å². The van der Waals surface area contributed by atoms with E-state index in [0.717, 1.165) is 25.8 Å². The lowest BCUT2D eigenvalue weighted by Gasteiger charge is -2.16. The van der Waals surface area contributed by atoms with Crippen LogP contribution in [0.1, 0.15) is 32.1 Å². The Morgan fingerprint density at radius 1 is 1.39 bits per heavy atom. The molecule has 0 aromatic rings. The summed E-state index contributed by atoms with van der Waals surface area (Å²) in [6, 6.07) is -0.0483. The number of likely N-dealkylation sites (tertiary alicyclic amines) is 1. The maximum atomic E-state index is 11.7. The molecule has 1 saturated heterocycles. The fourth-order valence-corrected chi connectivity index (χ4v) is 1.99. The number of carboxylic acids is 1. The highest BCUT2D eigenvalue weighted by Crippen LogP contribution is 2.11. The Labute approximate surface area is 107 Å². The number of nitrogens with zero attached hydrogens (tertiary/aromatic N) is 1. The van der Waals surface area contributed by atoms with Crippen molar-refractivity contribution in [1.29, 1.82) is 0 Å². The van der Waals surface area contributed by atoms with Gasteiger partial charge < -0.3 is 20.1 Å². The lowest BCUT2D eigenvalue weighted by atomic mass is 10.2. The highest BCUT2D eigenvalue weighted by atomic mass is 16.5. The highest BCUT2D eigenvalue weighted by Gasteiger charge is 2.25. The van der Waals surface area contributed by atoms with Crippen LogP contribution < -0.4 is 5.32 Å². The normalized spacial score (nSPS) is 18.9. The molecular formula is C12H22N2O4. The van der Waals surface area contributed by atoms with Gasteiger partial charge >= 0.3 is 12.0 Å². The first kappa shape index (κ1) is 14.8. The van der Waals surface area contributed by atoms with Gasteiger partial charge in [0, 0.05) is 33.2 Å². The summed E-state index contributed by atoms with van der Waals surface area (Å²) in [5.74, 6) is -0.762. The fraction of sp³-hybridized carbons (Fsp3) is 0.833. The third-order valence-electron chi connectivity index (χ3n) is 3.11. The third kappa shape index (κ3) is 5.35. The SMILES string of the molecule is COC1CCN(C(=O)NCCCCCC(=O)O)C1. The number of methoxy groups -OCH3 is 1. The molecule has 6 nitrogen and oxygen atoms in total. The molecule has 6 heteroatoms. The Balaban J connectivity index is 2.02. The topological polar surface area (TPSA) is 78.9 Å². The minimum absolute atomic E-state index is 0.0483. The Morgan fingerprint density at radius 3 is 2.78 bits per heavy atom. The van der Waals surface area contributed by atoms with Gasteiger partial charge in [-0.05, 0) is 19.3 Å². The van der Waals surface area contributed by atoms with Crippen molar-refractivity contribution >= 4 is 12.0 Å². The first-order chi connectivity index (χ1) is 8.63. The van der Waals surface area contributed by atoms with Gasteiger partial charge in [0.1, 0.15) is 0 Å². The van der Waals surface area contributed by atoms with Crippen molar-refractivity contribution in [2.24, 2.45) is 0 Å². The van der Waals surface area contributed by atoms with Gasteiger partial charge in [0.25, 0.3) is 0 Å². The smallest absolute Gasteiger partial charge is 0.317 e. The van der Waals surface area contributed by atoms with Gasteiger partial charge in [-0.15, -0.1) is 0 Å². The standard InChI is InChI=1S/C12H22N2O4/c1-18-10-6-8-14(9-10)12(17)13-7-4-2-3-5-11(15)16/h10H,2-9H2,1H3,(H,13,17)(H,15,16). The predicted octanol–water partition coefficient (Wildman–Crippen LogP) is 1.06. The molecule has 18 heavy (non-hydrogen) atoms. The number of nitrogens with one attached hydrogen (secondary N) is 1. The number of ether oxygens (including phenoxy) is 1. The van der Waals surface area contributed by atoms with Crippen LogP contribution in [-0.2, 0) is 9.53 Å². The second kappa shape index (κ2) is 7.92. The monoisotopic (exact) mass is 258 g/mol. The molecule has 1 aliphatic rings. The minimum atomic E-state index is -0.762. The van der Waals surface area contributed by atoms with E-state index in [1.165, 1.54) is 0 Å². The van der Waals surface area contributed by atoms with E-state index < -0.39 is 5.97 Å². The molecular weight excluding hydrogens is 236 g/mol. The number of aliphatic carboxylic acids is 1. The summed E-state index contributed by atoms with van der Waals surface area (Å²) in [5, 5.41) is 11.3. The summed E-state index contributed by atoms with van der Waals surface area (Å²) in [6.45, 7) is 2.00. The molecule has 2 N–H and O–H groups in total. The van der Waals surface area contributed by atoms with Gasteiger partial charge in [-0.3, -0.25) is 4.79 Å². The lowest BCUT2D eigenvalue weighted by molar-refractivity contribution is -0.137. The zero-order chi connectivity index (χ0) is 13.4. The van der Waals surface area contributed by atoms with E-state index in [4.69, 9.17) is 9.84 Å². The number of carbonyl (C=O) groups excluding carboxylic acids is 1. The Bertz CT molecular complexity index is 283. The number of carboxylic acid groups (broad SMARTS) is 1. The third-order valence-corrected chi connectivity index (χ3v) is 3.11. The van der Waals surface area contributed by atoms with Crippen molar-refractivity contribution in [3.05, 3.63) is 0 Å². The fourth-order valence-electron chi connectivity index (χ4n) is 1.99. The van der Waals surface area contributed by atoms with Gasteiger partial charge in [0.05, 0.1) is 6.10 Å². The molecule has 0 aromatic heterocycles. The van der Waals surface area contributed by atoms with E-state index >= 15 is 0 Å². The summed E-state index contributed by atoms with van der Waals surface area (Å²) in [4.78, 5) is 23.8. The molecule has 2 amide bonds. The van der Waals surface area contributed by atoms with Crippen molar-refractivity contribution in [2.45, 2.75) is 38.2 Å². The van der Waals surface area contributed by atoms with Crippen LogP contribution in [0.4, 0.5) is 4.79 Å². The second-order valence-electron chi connectivity index (χ2n) is 4.53. The van der Waals surface area contributed by atoms with Gasteiger partial charge in [-0.1, -0.05) is 6.42 Å². The van der Waals surface area contributed by atoms with Crippen molar-refractivity contribution in [3.8, 4) is 0 Å². The molecule has 1 heterocycles. The van der Waals surface area contributed by atoms with Crippen LogP contribution in [0.3, 0.4) is 0 Å². The maximum absolute atomic E-state index is 11.7.